The summed E-state index contributed by atoms with van der Waals surface area (Å²) in [4.78, 5) is 24.8. The number of hydrogen-bond donors (Lipinski definition) is 2. The SMILES string of the molecule is CC(C)CN(CC(=O)O)C(=O)c1ccc2c(c1)NCC2. The molecule has 108 valence electrons. The van der Waals surface area contributed by atoms with Gasteiger partial charge in [0.2, 0.25) is 0 Å². The molecule has 1 heterocycles. The number of benzene rings is 1. The van der Waals surface area contributed by atoms with Crippen LogP contribution >= 0.6 is 0 Å². The summed E-state index contributed by atoms with van der Waals surface area (Å²) in [7, 11) is 0. The Bertz CT molecular complexity index is 526. The minimum absolute atomic E-state index is 0.224. The van der Waals surface area contributed by atoms with E-state index in [2.05, 4.69) is 5.32 Å². The van der Waals surface area contributed by atoms with Crippen LogP contribution in [0.5, 0.6) is 0 Å². The Balaban J connectivity index is 2.20. The Morgan fingerprint density at radius 3 is 2.80 bits per heavy atom. The molecular weight excluding hydrogens is 256 g/mol. The first-order chi connectivity index (χ1) is 9.47. The first-order valence-electron chi connectivity index (χ1n) is 6.85. The van der Waals surface area contributed by atoms with Gasteiger partial charge >= 0.3 is 5.97 Å². The van der Waals surface area contributed by atoms with Crippen LogP contribution < -0.4 is 5.32 Å². The maximum absolute atomic E-state index is 12.5. The van der Waals surface area contributed by atoms with Gasteiger partial charge < -0.3 is 15.3 Å². The lowest BCUT2D eigenvalue weighted by atomic mass is 10.1. The van der Waals surface area contributed by atoms with Crippen molar-refractivity contribution in [3.8, 4) is 0 Å². The van der Waals surface area contributed by atoms with E-state index >= 15 is 0 Å². The van der Waals surface area contributed by atoms with Crippen LogP contribution in [0.25, 0.3) is 0 Å². The quantitative estimate of drug-likeness (QED) is 0.861. The molecule has 0 saturated heterocycles. The monoisotopic (exact) mass is 276 g/mol. The maximum Gasteiger partial charge on any atom is 0.323 e. The molecule has 0 aromatic heterocycles. The van der Waals surface area contributed by atoms with Gasteiger partial charge in [0.1, 0.15) is 6.54 Å². The number of carbonyl (C=O) groups is 2. The number of amides is 1. The molecule has 0 aliphatic carbocycles. The van der Waals surface area contributed by atoms with Gasteiger partial charge in [0, 0.05) is 24.3 Å². The predicted octanol–water partition coefficient (Wildman–Crippen LogP) is 1.84. The zero-order valence-corrected chi connectivity index (χ0v) is 11.8. The van der Waals surface area contributed by atoms with Crippen LogP contribution in [0, 0.1) is 5.92 Å². The number of carboxylic acids is 1. The molecule has 1 aliphatic rings. The molecule has 5 nitrogen and oxygen atoms in total. The molecule has 0 saturated carbocycles. The largest absolute Gasteiger partial charge is 0.480 e. The van der Waals surface area contributed by atoms with Crippen molar-refractivity contribution in [3.63, 3.8) is 0 Å². The molecule has 0 fully saturated rings. The standard InChI is InChI=1S/C15H20N2O3/c1-10(2)8-17(9-14(18)19)15(20)12-4-3-11-5-6-16-13(11)7-12/h3-4,7,10,16H,5-6,8-9H2,1-2H3,(H,18,19). The smallest absolute Gasteiger partial charge is 0.323 e. The predicted molar refractivity (Wildman–Crippen MR) is 77.0 cm³/mol. The topological polar surface area (TPSA) is 69.6 Å². The van der Waals surface area contributed by atoms with Gasteiger partial charge in [-0.15, -0.1) is 0 Å². The summed E-state index contributed by atoms with van der Waals surface area (Å²) in [5.41, 5.74) is 2.73. The number of fused-ring (bicyclic) bond motifs is 1. The van der Waals surface area contributed by atoms with Crippen LogP contribution in [0.4, 0.5) is 5.69 Å². The van der Waals surface area contributed by atoms with Crippen LogP contribution in [0.15, 0.2) is 18.2 Å². The second-order valence-electron chi connectivity index (χ2n) is 5.52. The number of carboxylic acid groups (broad SMARTS) is 1. The zero-order valence-electron chi connectivity index (χ0n) is 11.8. The van der Waals surface area contributed by atoms with Gasteiger partial charge in [-0.2, -0.15) is 0 Å². The Hall–Kier alpha value is -2.04. The molecule has 0 unspecified atom stereocenters. The van der Waals surface area contributed by atoms with Crippen molar-refractivity contribution in [1.29, 1.82) is 0 Å². The number of nitrogens with one attached hydrogen (secondary N) is 1. The molecule has 2 N–H and O–H groups in total. The highest BCUT2D eigenvalue weighted by Crippen LogP contribution is 2.24. The van der Waals surface area contributed by atoms with E-state index < -0.39 is 5.97 Å². The van der Waals surface area contributed by atoms with Crippen molar-refractivity contribution in [3.05, 3.63) is 29.3 Å². The summed E-state index contributed by atoms with van der Waals surface area (Å²) in [5.74, 6) is -0.985. The molecule has 5 heteroatoms. The van der Waals surface area contributed by atoms with Crippen LogP contribution in [0.3, 0.4) is 0 Å². The molecule has 0 spiro atoms. The molecule has 1 aromatic carbocycles. The minimum atomic E-state index is -0.988. The van der Waals surface area contributed by atoms with Gasteiger partial charge in [-0.3, -0.25) is 9.59 Å². The van der Waals surface area contributed by atoms with Crippen molar-refractivity contribution in [2.45, 2.75) is 20.3 Å². The second kappa shape index (κ2) is 5.94. The van der Waals surface area contributed by atoms with Crippen LogP contribution in [0.1, 0.15) is 29.8 Å². The Labute approximate surface area is 118 Å². The van der Waals surface area contributed by atoms with E-state index in [1.807, 2.05) is 26.0 Å². The molecule has 0 radical (unpaired) electrons. The average molecular weight is 276 g/mol. The van der Waals surface area contributed by atoms with Gasteiger partial charge in [0.25, 0.3) is 5.91 Å². The summed E-state index contributed by atoms with van der Waals surface area (Å²) in [6, 6.07) is 5.54. The van der Waals surface area contributed by atoms with E-state index in [9.17, 15) is 9.59 Å². The Morgan fingerprint density at radius 1 is 1.40 bits per heavy atom. The maximum atomic E-state index is 12.5. The molecule has 1 amide bonds. The van der Waals surface area contributed by atoms with E-state index in [1.165, 1.54) is 10.5 Å². The lowest BCUT2D eigenvalue weighted by molar-refractivity contribution is -0.137. The molecule has 1 aromatic rings. The van der Waals surface area contributed by atoms with E-state index in [0.717, 1.165) is 18.7 Å². The van der Waals surface area contributed by atoms with Crippen molar-refractivity contribution >= 4 is 17.6 Å². The molecule has 0 atom stereocenters. The summed E-state index contributed by atoms with van der Waals surface area (Å²) >= 11 is 0. The third-order valence-electron chi connectivity index (χ3n) is 3.27. The van der Waals surface area contributed by atoms with Crippen LogP contribution in [0.2, 0.25) is 0 Å². The Morgan fingerprint density at radius 2 is 2.15 bits per heavy atom. The lowest BCUT2D eigenvalue weighted by Crippen LogP contribution is -2.38. The number of carbonyl (C=O) groups excluding carboxylic acids is 1. The average Bonchev–Trinajstić information content (AvgIpc) is 2.83. The summed E-state index contributed by atoms with van der Waals surface area (Å²) in [6.07, 6.45) is 0.967. The fraction of sp³-hybridized carbons (Fsp3) is 0.467. The van der Waals surface area contributed by atoms with Crippen molar-refractivity contribution in [1.82, 2.24) is 4.90 Å². The van der Waals surface area contributed by atoms with Gasteiger partial charge in [0.15, 0.2) is 0 Å². The summed E-state index contributed by atoms with van der Waals surface area (Å²) < 4.78 is 0. The summed E-state index contributed by atoms with van der Waals surface area (Å²) in [5, 5.41) is 12.2. The normalized spacial score (nSPS) is 12.9. The summed E-state index contributed by atoms with van der Waals surface area (Å²) in [6.45, 7) is 4.99. The molecule has 2 rings (SSSR count). The van der Waals surface area contributed by atoms with Crippen molar-refractivity contribution in [2.24, 2.45) is 5.92 Å². The highest BCUT2D eigenvalue weighted by molar-refractivity contribution is 5.97. The number of nitrogens with zero attached hydrogens (tertiary/aromatic N) is 1. The highest BCUT2D eigenvalue weighted by atomic mass is 16.4. The zero-order chi connectivity index (χ0) is 14.7. The van der Waals surface area contributed by atoms with Gasteiger partial charge in [0.05, 0.1) is 0 Å². The fourth-order valence-electron chi connectivity index (χ4n) is 2.43. The first kappa shape index (κ1) is 14.4. The van der Waals surface area contributed by atoms with Gasteiger partial charge in [-0.05, 0) is 30.0 Å². The van der Waals surface area contributed by atoms with Crippen LogP contribution in [-0.2, 0) is 11.2 Å². The van der Waals surface area contributed by atoms with E-state index in [0.29, 0.717) is 12.1 Å². The van der Waals surface area contributed by atoms with E-state index in [-0.39, 0.29) is 18.4 Å². The third kappa shape index (κ3) is 3.29. The molecular formula is C15H20N2O3. The Kier molecular flexibility index (Phi) is 4.27. The first-order valence-corrected chi connectivity index (χ1v) is 6.85. The minimum Gasteiger partial charge on any atom is -0.480 e. The number of hydrogen-bond acceptors (Lipinski definition) is 3. The van der Waals surface area contributed by atoms with E-state index in [1.54, 1.807) is 6.07 Å². The highest BCUT2D eigenvalue weighted by Gasteiger charge is 2.21. The number of anilines is 1. The van der Waals surface area contributed by atoms with Gasteiger partial charge in [-0.1, -0.05) is 19.9 Å². The molecule has 0 bridgehead atoms. The number of rotatable bonds is 5. The lowest BCUT2D eigenvalue weighted by Gasteiger charge is -2.23. The third-order valence-corrected chi connectivity index (χ3v) is 3.27. The number of aliphatic carboxylic acids is 1. The fourth-order valence-corrected chi connectivity index (χ4v) is 2.43. The van der Waals surface area contributed by atoms with Crippen LogP contribution in [-0.4, -0.2) is 41.5 Å². The van der Waals surface area contributed by atoms with E-state index in [4.69, 9.17) is 5.11 Å². The van der Waals surface area contributed by atoms with Gasteiger partial charge in [-0.25, -0.2) is 0 Å². The van der Waals surface area contributed by atoms with Crippen molar-refractivity contribution < 1.29 is 14.7 Å². The molecule has 20 heavy (non-hydrogen) atoms. The second-order valence-corrected chi connectivity index (χ2v) is 5.52. The molecule has 1 aliphatic heterocycles. The van der Waals surface area contributed by atoms with Crippen molar-refractivity contribution in [2.75, 3.05) is 25.0 Å².